The van der Waals surface area contributed by atoms with E-state index in [1.807, 2.05) is 55.6 Å². The van der Waals surface area contributed by atoms with Crippen molar-refractivity contribution in [1.29, 1.82) is 0 Å². The number of halogens is 1. The first-order chi connectivity index (χ1) is 17.4. The van der Waals surface area contributed by atoms with Crippen LogP contribution in [-0.4, -0.2) is 36.6 Å². The number of carbonyl (C=O) groups is 1. The van der Waals surface area contributed by atoms with Crippen molar-refractivity contribution in [2.75, 3.05) is 5.32 Å². The summed E-state index contributed by atoms with van der Waals surface area (Å²) >= 11 is 7.61. The van der Waals surface area contributed by atoms with Crippen LogP contribution in [0.3, 0.4) is 0 Å². The zero-order valence-electron chi connectivity index (χ0n) is 19.4. The number of pyridine rings is 1. The molecule has 3 N–H and O–H groups in total. The number of fused-ring (bicyclic) bond motifs is 2. The molecule has 0 aliphatic carbocycles. The lowest BCUT2D eigenvalue weighted by atomic mass is 10.1. The zero-order chi connectivity index (χ0) is 25.2. The van der Waals surface area contributed by atoms with Gasteiger partial charge in [0.2, 0.25) is 0 Å². The van der Waals surface area contributed by atoms with Crippen molar-refractivity contribution in [1.82, 2.24) is 24.9 Å². The Balaban J connectivity index is 1.38. The molecule has 5 aromatic rings. The Morgan fingerprint density at radius 2 is 2.00 bits per heavy atom. The first kappa shape index (κ1) is 23.8. The fourth-order valence-corrected chi connectivity index (χ4v) is 5.08. The van der Waals surface area contributed by atoms with Crippen LogP contribution in [0.15, 0.2) is 73.1 Å². The molecule has 1 atom stereocenters. The van der Waals surface area contributed by atoms with Gasteiger partial charge in [0.15, 0.2) is 16.6 Å². The lowest BCUT2D eigenvalue weighted by Gasteiger charge is -2.16. The Morgan fingerprint density at radius 1 is 1.19 bits per heavy atom. The molecule has 0 aliphatic heterocycles. The molecule has 1 amide bonds. The number of hydrogen-bond donors (Lipinski definition) is 3. The predicted molar refractivity (Wildman–Crippen MR) is 144 cm³/mol. The molecule has 5 rings (SSSR count). The van der Waals surface area contributed by atoms with Crippen molar-refractivity contribution >= 4 is 55.5 Å². The summed E-state index contributed by atoms with van der Waals surface area (Å²) in [7, 11) is 0. The maximum atomic E-state index is 12.9. The van der Waals surface area contributed by atoms with E-state index in [0.717, 1.165) is 33.0 Å². The molecule has 0 aliphatic rings. The first-order valence-corrected chi connectivity index (χ1v) is 12.6. The van der Waals surface area contributed by atoms with E-state index >= 15 is 0 Å². The van der Waals surface area contributed by atoms with Crippen molar-refractivity contribution in [2.45, 2.75) is 25.8 Å². The second-order valence-corrected chi connectivity index (χ2v) is 9.75. The van der Waals surface area contributed by atoms with Crippen LogP contribution < -0.4 is 10.6 Å². The second-order valence-electron chi connectivity index (χ2n) is 8.28. The minimum absolute atomic E-state index is 0.0670. The molecule has 0 saturated heterocycles. The number of aromatic nitrogens is 4. The van der Waals surface area contributed by atoms with E-state index in [4.69, 9.17) is 11.6 Å². The molecule has 36 heavy (non-hydrogen) atoms. The SMILES string of the molecule is C=C(O)[C@H](CCC)NC(=O)c1cccn2c(-c3ccc(Nc4nc5ccc(Cl)cc5s4)cc3)nnc12. The lowest BCUT2D eigenvalue weighted by molar-refractivity contribution is 0.0932. The van der Waals surface area contributed by atoms with Gasteiger partial charge in [-0.2, -0.15) is 0 Å². The highest BCUT2D eigenvalue weighted by atomic mass is 35.5. The van der Waals surface area contributed by atoms with Gasteiger partial charge in [-0.3, -0.25) is 9.20 Å². The third-order valence-corrected chi connectivity index (χ3v) is 6.88. The summed E-state index contributed by atoms with van der Waals surface area (Å²) in [5.74, 6) is 0.199. The number of amides is 1. The van der Waals surface area contributed by atoms with Gasteiger partial charge in [0.05, 0.1) is 21.8 Å². The van der Waals surface area contributed by atoms with Gasteiger partial charge >= 0.3 is 0 Å². The lowest BCUT2D eigenvalue weighted by Crippen LogP contribution is -2.36. The Kier molecular flexibility index (Phi) is 6.58. The predicted octanol–water partition coefficient (Wildman–Crippen LogP) is 6.37. The van der Waals surface area contributed by atoms with Gasteiger partial charge in [-0.15, -0.1) is 10.2 Å². The molecule has 2 aromatic carbocycles. The van der Waals surface area contributed by atoms with Crippen LogP contribution in [0.25, 0.3) is 27.3 Å². The van der Waals surface area contributed by atoms with E-state index in [1.54, 1.807) is 16.5 Å². The number of carbonyl (C=O) groups excluding carboxylic acids is 1. The number of benzene rings is 2. The molecule has 0 bridgehead atoms. The number of hydrogen-bond acceptors (Lipinski definition) is 7. The molecular formula is C26H23ClN6O2S. The van der Waals surface area contributed by atoms with Crippen molar-refractivity contribution < 1.29 is 9.90 Å². The van der Waals surface area contributed by atoms with Gasteiger partial charge < -0.3 is 15.7 Å². The smallest absolute Gasteiger partial charge is 0.255 e. The maximum absolute atomic E-state index is 12.9. The molecule has 8 nitrogen and oxygen atoms in total. The number of thiazole rings is 1. The standard InChI is InChI=1S/C26H23ClN6O2S/c1-3-5-20(15(2)34)29-25(35)19-6-4-13-33-23(31-32-24(19)33)16-7-10-18(11-8-16)28-26-30-21-12-9-17(27)14-22(21)36-26/h4,6-14,20,34H,2-3,5H2,1H3,(H,28,30)(H,29,35)/t20-/m0/s1. The topological polar surface area (TPSA) is 104 Å². The molecule has 182 valence electrons. The van der Waals surface area contributed by atoms with Crippen molar-refractivity contribution in [3.8, 4) is 11.4 Å². The first-order valence-electron chi connectivity index (χ1n) is 11.4. The van der Waals surface area contributed by atoms with Gasteiger partial charge in [0.25, 0.3) is 5.91 Å². The molecule has 0 unspecified atom stereocenters. The summed E-state index contributed by atoms with van der Waals surface area (Å²) < 4.78 is 2.79. The summed E-state index contributed by atoms with van der Waals surface area (Å²) in [5, 5.41) is 26.0. The maximum Gasteiger partial charge on any atom is 0.255 e. The zero-order valence-corrected chi connectivity index (χ0v) is 21.0. The highest BCUT2D eigenvalue weighted by Crippen LogP contribution is 2.31. The van der Waals surface area contributed by atoms with Crippen LogP contribution in [0, 0.1) is 0 Å². The normalized spacial score (nSPS) is 12.1. The third-order valence-electron chi connectivity index (χ3n) is 5.71. The Hall–Kier alpha value is -3.95. The van der Waals surface area contributed by atoms with E-state index in [-0.39, 0.29) is 11.7 Å². The van der Waals surface area contributed by atoms with Crippen molar-refractivity contribution in [3.63, 3.8) is 0 Å². The fourth-order valence-electron chi connectivity index (χ4n) is 3.91. The van der Waals surface area contributed by atoms with E-state index in [2.05, 4.69) is 32.4 Å². The monoisotopic (exact) mass is 518 g/mol. The fraction of sp³-hybridized carbons (Fsp3) is 0.154. The molecule has 0 radical (unpaired) electrons. The summed E-state index contributed by atoms with van der Waals surface area (Å²) in [4.78, 5) is 17.5. The molecule has 0 fully saturated rings. The third kappa shape index (κ3) is 4.75. The number of aliphatic hydroxyl groups excluding tert-OH is 1. The second kappa shape index (κ2) is 9.96. The molecule has 10 heteroatoms. The van der Waals surface area contributed by atoms with Crippen molar-refractivity contribution in [2.24, 2.45) is 0 Å². The van der Waals surface area contributed by atoms with Gasteiger partial charge in [-0.05, 0) is 61.0 Å². The summed E-state index contributed by atoms with van der Waals surface area (Å²) in [6.45, 7) is 5.54. The minimum Gasteiger partial charge on any atom is -0.511 e. The average molecular weight is 519 g/mol. The van der Waals surface area contributed by atoms with Gasteiger partial charge in [-0.25, -0.2) is 4.98 Å². The molecule has 0 spiro atoms. The van der Waals surface area contributed by atoms with E-state index in [0.29, 0.717) is 28.5 Å². The van der Waals surface area contributed by atoms with Crippen molar-refractivity contribution in [3.05, 3.63) is 83.7 Å². The average Bonchev–Trinajstić information content (AvgIpc) is 3.47. The number of nitrogens with zero attached hydrogens (tertiary/aromatic N) is 4. The van der Waals surface area contributed by atoms with Gasteiger partial charge in [0.1, 0.15) is 5.76 Å². The summed E-state index contributed by atoms with van der Waals surface area (Å²) in [5.41, 5.74) is 3.41. The Labute approximate surface area is 216 Å². The van der Waals surface area contributed by atoms with Crippen LogP contribution in [0.2, 0.25) is 5.02 Å². The van der Waals surface area contributed by atoms with Crippen LogP contribution >= 0.6 is 22.9 Å². The van der Waals surface area contributed by atoms with Crippen LogP contribution in [0.5, 0.6) is 0 Å². The van der Waals surface area contributed by atoms with Crippen LogP contribution in [-0.2, 0) is 0 Å². The van der Waals surface area contributed by atoms with Crippen LogP contribution in [0.4, 0.5) is 10.8 Å². The summed E-state index contributed by atoms with van der Waals surface area (Å²) in [6, 6.07) is 16.3. The number of nitrogens with one attached hydrogen (secondary N) is 2. The molecule has 3 heterocycles. The van der Waals surface area contributed by atoms with E-state index < -0.39 is 6.04 Å². The molecule has 3 aromatic heterocycles. The minimum atomic E-state index is -0.516. The van der Waals surface area contributed by atoms with Gasteiger partial charge in [0, 0.05) is 22.5 Å². The largest absolute Gasteiger partial charge is 0.511 e. The number of anilines is 2. The Morgan fingerprint density at radius 3 is 2.75 bits per heavy atom. The number of aliphatic hydroxyl groups is 1. The Bertz CT molecular complexity index is 1580. The highest BCUT2D eigenvalue weighted by molar-refractivity contribution is 7.22. The van der Waals surface area contributed by atoms with Crippen LogP contribution in [0.1, 0.15) is 30.1 Å². The van der Waals surface area contributed by atoms with E-state index in [1.165, 1.54) is 11.3 Å². The van der Waals surface area contributed by atoms with E-state index in [9.17, 15) is 9.90 Å². The summed E-state index contributed by atoms with van der Waals surface area (Å²) in [6.07, 6.45) is 3.20. The van der Waals surface area contributed by atoms with Gasteiger partial charge in [-0.1, -0.05) is 42.9 Å². The molecule has 0 saturated carbocycles. The molecular weight excluding hydrogens is 496 g/mol. The quantitative estimate of drug-likeness (QED) is 0.206. The number of rotatable bonds is 8. The highest BCUT2D eigenvalue weighted by Gasteiger charge is 2.20.